The Bertz CT molecular complexity index is 631. The van der Waals surface area contributed by atoms with Gasteiger partial charge in [0, 0.05) is 23.5 Å². The first kappa shape index (κ1) is 17.2. The summed E-state index contributed by atoms with van der Waals surface area (Å²) in [7, 11) is 0. The van der Waals surface area contributed by atoms with Crippen molar-refractivity contribution in [2.75, 3.05) is 13.2 Å². The van der Waals surface area contributed by atoms with Gasteiger partial charge in [0.2, 0.25) is 5.91 Å². The second-order valence-corrected chi connectivity index (χ2v) is 7.17. The lowest BCUT2D eigenvalue weighted by Crippen LogP contribution is -2.39. The molecule has 3 rings (SSSR count). The molecule has 0 N–H and O–H groups in total. The lowest BCUT2D eigenvalue weighted by atomic mass is 9.94. The van der Waals surface area contributed by atoms with Crippen molar-refractivity contribution >= 4 is 17.5 Å². The molecule has 1 aliphatic heterocycles. The van der Waals surface area contributed by atoms with Crippen LogP contribution in [0.2, 0.25) is 5.02 Å². The average Bonchev–Trinajstić information content (AvgIpc) is 2.96. The van der Waals surface area contributed by atoms with E-state index in [0.717, 1.165) is 18.5 Å². The van der Waals surface area contributed by atoms with Crippen LogP contribution in [0.4, 0.5) is 0 Å². The van der Waals surface area contributed by atoms with E-state index in [9.17, 15) is 4.79 Å². The monoisotopic (exact) mass is 345 g/mol. The van der Waals surface area contributed by atoms with Gasteiger partial charge in [-0.15, -0.1) is 6.42 Å². The highest BCUT2D eigenvalue weighted by Gasteiger charge is 2.36. The van der Waals surface area contributed by atoms with Gasteiger partial charge in [0.05, 0.1) is 0 Å². The lowest BCUT2D eigenvalue weighted by molar-refractivity contribution is -0.133. The van der Waals surface area contributed by atoms with Gasteiger partial charge >= 0.3 is 0 Å². The maximum atomic E-state index is 12.8. The van der Waals surface area contributed by atoms with Crippen molar-refractivity contribution in [3.05, 3.63) is 28.8 Å². The van der Waals surface area contributed by atoms with Crippen molar-refractivity contribution in [2.24, 2.45) is 5.92 Å². The largest absolute Gasteiger partial charge is 0.481 e. The van der Waals surface area contributed by atoms with Crippen LogP contribution in [0.15, 0.2) is 18.2 Å². The number of nitrogens with zero attached hydrogens (tertiary/aromatic N) is 1. The van der Waals surface area contributed by atoms with E-state index in [1.807, 2.05) is 12.1 Å². The molecule has 1 aliphatic carbocycles. The summed E-state index contributed by atoms with van der Waals surface area (Å²) in [6.45, 7) is 1.13. The van der Waals surface area contributed by atoms with Gasteiger partial charge in [0.1, 0.15) is 12.4 Å². The molecule has 3 nitrogen and oxygen atoms in total. The van der Waals surface area contributed by atoms with Crippen LogP contribution in [-0.4, -0.2) is 30.0 Å². The number of ether oxygens (including phenoxy) is 1. The number of benzene rings is 1. The van der Waals surface area contributed by atoms with Gasteiger partial charge in [-0.2, -0.15) is 0 Å². The van der Waals surface area contributed by atoms with Crippen LogP contribution >= 0.6 is 11.6 Å². The molecule has 0 bridgehead atoms. The zero-order valence-corrected chi connectivity index (χ0v) is 14.7. The molecule has 1 saturated carbocycles. The number of rotatable bonds is 5. The van der Waals surface area contributed by atoms with Crippen molar-refractivity contribution < 1.29 is 9.53 Å². The fourth-order valence-corrected chi connectivity index (χ4v) is 4.13. The van der Waals surface area contributed by atoms with Crippen molar-refractivity contribution in [1.29, 1.82) is 0 Å². The smallest absolute Gasteiger partial charge is 0.226 e. The van der Waals surface area contributed by atoms with Gasteiger partial charge < -0.3 is 9.64 Å². The summed E-state index contributed by atoms with van der Waals surface area (Å²) in [5.41, 5.74) is 1.01. The Kier molecular flexibility index (Phi) is 5.68. The van der Waals surface area contributed by atoms with Gasteiger partial charge in [0.25, 0.3) is 0 Å². The highest BCUT2D eigenvalue weighted by atomic mass is 35.5. The van der Waals surface area contributed by atoms with E-state index < -0.39 is 0 Å². The topological polar surface area (TPSA) is 29.5 Å². The van der Waals surface area contributed by atoms with Gasteiger partial charge in [-0.1, -0.05) is 42.9 Å². The quantitative estimate of drug-likeness (QED) is 0.753. The minimum absolute atomic E-state index is 0.0573. The van der Waals surface area contributed by atoms with E-state index in [4.69, 9.17) is 22.8 Å². The molecule has 2 aliphatic rings. The molecule has 0 aromatic heterocycles. The van der Waals surface area contributed by atoms with Crippen LogP contribution in [0.1, 0.15) is 44.1 Å². The number of amides is 1. The molecule has 1 aromatic rings. The van der Waals surface area contributed by atoms with Crippen molar-refractivity contribution in [1.82, 2.24) is 4.90 Å². The Hall–Kier alpha value is -1.66. The summed E-state index contributed by atoms with van der Waals surface area (Å²) in [5, 5.41) is 0.647. The first-order valence-corrected chi connectivity index (χ1v) is 9.22. The van der Waals surface area contributed by atoms with Gasteiger partial charge in [-0.3, -0.25) is 4.79 Å². The molecule has 128 valence electrons. The van der Waals surface area contributed by atoms with E-state index in [-0.39, 0.29) is 12.5 Å². The summed E-state index contributed by atoms with van der Waals surface area (Å²) in [6, 6.07) is 6.07. The first-order valence-electron chi connectivity index (χ1n) is 8.84. The Balaban J connectivity index is 1.62. The highest BCUT2D eigenvalue weighted by molar-refractivity contribution is 6.31. The van der Waals surface area contributed by atoms with E-state index in [1.165, 1.54) is 32.1 Å². The fourth-order valence-electron chi connectivity index (χ4n) is 3.88. The third-order valence-corrected chi connectivity index (χ3v) is 5.53. The maximum absolute atomic E-state index is 12.8. The van der Waals surface area contributed by atoms with Crippen LogP contribution in [0.25, 0.3) is 0 Å². The molecular formula is C20H24ClNO2. The molecular weight excluding hydrogens is 322 g/mol. The summed E-state index contributed by atoms with van der Waals surface area (Å²) in [5.74, 6) is 3.47. The Morgan fingerprint density at radius 3 is 2.75 bits per heavy atom. The number of halogens is 1. The van der Waals surface area contributed by atoms with Crippen LogP contribution in [0, 0.1) is 18.3 Å². The Morgan fingerprint density at radius 1 is 1.25 bits per heavy atom. The molecule has 1 atom stereocenters. The second-order valence-electron chi connectivity index (χ2n) is 6.76. The number of carbonyl (C=O) groups is 1. The minimum Gasteiger partial charge on any atom is -0.481 e. The highest BCUT2D eigenvalue weighted by Crippen LogP contribution is 2.32. The van der Waals surface area contributed by atoms with Crippen molar-refractivity contribution in [2.45, 2.75) is 51.0 Å². The SMILES string of the molecule is C#CCOc1ccc(CC2CCN(C3CCCCC3)C2=O)c(Cl)c1. The summed E-state index contributed by atoms with van der Waals surface area (Å²) in [6.07, 6.45) is 13.0. The molecule has 2 fully saturated rings. The van der Waals surface area contributed by atoms with Crippen LogP contribution in [-0.2, 0) is 11.2 Å². The van der Waals surface area contributed by atoms with E-state index in [0.29, 0.717) is 29.1 Å². The zero-order chi connectivity index (χ0) is 16.9. The molecule has 1 saturated heterocycles. The van der Waals surface area contributed by atoms with Crippen molar-refractivity contribution in [3.8, 4) is 18.1 Å². The first-order chi connectivity index (χ1) is 11.7. The van der Waals surface area contributed by atoms with E-state index in [1.54, 1.807) is 6.07 Å². The second kappa shape index (κ2) is 7.94. The number of terminal acetylenes is 1. The number of likely N-dealkylation sites (tertiary alicyclic amines) is 1. The summed E-state index contributed by atoms with van der Waals surface area (Å²) < 4.78 is 5.38. The lowest BCUT2D eigenvalue weighted by Gasteiger charge is -2.31. The minimum atomic E-state index is 0.0573. The molecule has 0 radical (unpaired) electrons. The maximum Gasteiger partial charge on any atom is 0.226 e. The van der Waals surface area contributed by atoms with E-state index >= 15 is 0 Å². The van der Waals surface area contributed by atoms with Gasteiger partial charge in [-0.25, -0.2) is 0 Å². The Morgan fingerprint density at radius 2 is 2.04 bits per heavy atom. The average molecular weight is 346 g/mol. The van der Waals surface area contributed by atoms with E-state index in [2.05, 4.69) is 10.8 Å². The van der Waals surface area contributed by atoms with Crippen LogP contribution < -0.4 is 4.74 Å². The number of hydrogen-bond acceptors (Lipinski definition) is 2. The molecule has 1 unspecified atom stereocenters. The normalized spacial score (nSPS) is 21.8. The number of carbonyl (C=O) groups excluding carboxylic acids is 1. The molecule has 24 heavy (non-hydrogen) atoms. The van der Waals surface area contributed by atoms with Crippen LogP contribution in [0.3, 0.4) is 0 Å². The zero-order valence-electron chi connectivity index (χ0n) is 14.0. The molecule has 1 aromatic carbocycles. The third kappa shape index (κ3) is 3.87. The van der Waals surface area contributed by atoms with Gasteiger partial charge in [0.15, 0.2) is 0 Å². The molecule has 0 spiro atoms. The summed E-state index contributed by atoms with van der Waals surface area (Å²) in [4.78, 5) is 14.9. The predicted octanol–water partition coefficient (Wildman–Crippen LogP) is 4.08. The number of hydrogen-bond donors (Lipinski definition) is 0. The third-order valence-electron chi connectivity index (χ3n) is 5.18. The summed E-state index contributed by atoms with van der Waals surface area (Å²) >= 11 is 6.36. The molecule has 4 heteroatoms. The standard InChI is InChI=1S/C20H24ClNO2/c1-2-12-24-18-9-8-15(19(21)14-18)13-16-10-11-22(20(16)23)17-6-4-3-5-7-17/h1,8-9,14,16-17H,3-7,10-13H2. The fraction of sp³-hybridized carbons (Fsp3) is 0.550. The molecule has 1 amide bonds. The molecule has 1 heterocycles. The Labute approximate surface area is 149 Å². The van der Waals surface area contributed by atoms with Gasteiger partial charge in [-0.05, 0) is 43.4 Å². The van der Waals surface area contributed by atoms with Crippen LogP contribution in [0.5, 0.6) is 5.75 Å². The predicted molar refractivity (Wildman–Crippen MR) is 96.2 cm³/mol. The van der Waals surface area contributed by atoms with Crippen molar-refractivity contribution in [3.63, 3.8) is 0 Å².